The van der Waals surface area contributed by atoms with Gasteiger partial charge in [-0.05, 0) is 38.2 Å². The second-order valence-corrected chi connectivity index (χ2v) is 9.84. The van der Waals surface area contributed by atoms with Crippen molar-refractivity contribution in [3.05, 3.63) is 29.6 Å². The van der Waals surface area contributed by atoms with Gasteiger partial charge in [0.25, 0.3) is 11.8 Å². The maximum atomic E-state index is 12.9. The van der Waals surface area contributed by atoms with Crippen molar-refractivity contribution < 1.29 is 18.0 Å². The van der Waals surface area contributed by atoms with Gasteiger partial charge in [0, 0.05) is 38.1 Å². The third-order valence-electron chi connectivity index (χ3n) is 5.43. The van der Waals surface area contributed by atoms with Gasteiger partial charge in [-0.2, -0.15) is 0 Å². The predicted molar refractivity (Wildman–Crippen MR) is 102 cm³/mol. The van der Waals surface area contributed by atoms with Gasteiger partial charge in [0.2, 0.25) is 0 Å². The van der Waals surface area contributed by atoms with Crippen LogP contribution >= 0.6 is 0 Å². The molecule has 0 aromatic carbocycles. The number of amides is 2. The zero-order valence-electron chi connectivity index (χ0n) is 15.9. The van der Waals surface area contributed by atoms with E-state index in [2.05, 4.69) is 11.9 Å². The summed E-state index contributed by atoms with van der Waals surface area (Å²) in [5.41, 5.74) is 0.738. The Bertz CT molecular complexity index is 824. The summed E-state index contributed by atoms with van der Waals surface area (Å²) in [4.78, 5) is 33.2. The lowest BCUT2D eigenvalue weighted by Gasteiger charge is -2.31. The van der Waals surface area contributed by atoms with Gasteiger partial charge in [-0.25, -0.2) is 8.42 Å². The molecule has 2 saturated heterocycles. The fourth-order valence-corrected chi connectivity index (χ4v) is 5.72. The van der Waals surface area contributed by atoms with Crippen LogP contribution in [0.15, 0.2) is 18.5 Å². The van der Waals surface area contributed by atoms with E-state index in [1.165, 1.54) is 12.4 Å². The fraction of sp³-hybridized carbons (Fsp3) is 0.632. The van der Waals surface area contributed by atoms with Crippen LogP contribution < -0.4 is 0 Å². The Hall–Kier alpha value is -1.96. The van der Waals surface area contributed by atoms with Gasteiger partial charge in [-0.3, -0.25) is 14.6 Å². The average molecular weight is 394 g/mol. The number of pyridine rings is 1. The summed E-state index contributed by atoms with van der Waals surface area (Å²) < 4.78 is 23.5. The molecule has 2 aliphatic heterocycles. The molecular formula is C19H27N3O4S. The summed E-state index contributed by atoms with van der Waals surface area (Å²) in [5, 5.41) is 0. The van der Waals surface area contributed by atoms with Crippen LogP contribution in [0.3, 0.4) is 0 Å². The van der Waals surface area contributed by atoms with E-state index in [4.69, 9.17) is 0 Å². The largest absolute Gasteiger partial charge is 0.338 e. The Balaban J connectivity index is 1.77. The molecule has 0 N–H and O–H groups in total. The Kier molecular flexibility index (Phi) is 5.83. The first-order valence-electron chi connectivity index (χ1n) is 9.56. The van der Waals surface area contributed by atoms with Crippen LogP contribution in [-0.2, 0) is 9.84 Å². The highest BCUT2D eigenvalue weighted by molar-refractivity contribution is 7.91. The summed E-state index contributed by atoms with van der Waals surface area (Å²) in [6, 6.07) is 1.28. The molecule has 148 valence electrons. The maximum Gasteiger partial charge on any atom is 0.255 e. The molecule has 0 bridgehead atoms. The molecule has 2 unspecified atom stereocenters. The SMILES string of the molecule is CCN(C(=O)c1cncc(C(=O)N2CCCC(C)C2)c1)C1CCS(=O)(=O)C1. The van der Waals surface area contributed by atoms with Crippen LogP contribution in [0.1, 0.15) is 53.8 Å². The molecule has 0 radical (unpaired) electrons. The van der Waals surface area contributed by atoms with Crippen molar-refractivity contribution in [1.82, 2.24) is 14.8 Å². The number of sulfone groups is 1. The summed E-state index contributed by atoms with van der Waals surface area (Å²) in [7, 11) is -3.08. The van der Waals surface area contributed by atoms with E-state index in [1.807, 2.05) is 11.8 Å². The lowest BCUT2D eigenvalue weighted by Crippen LogP contribution is -2.41. The fourth-order valence-electron chi connectivity index (χ4n) is 3.98. The quantitative estimate of drug-likeness (QED) is 0.775. The Morgan fingerprint density at radius 3 is 2.63 bits per heavy atom. The second-order valence-electron chi connectivity index (χ2n) is 7.61. The van der Waals surface area contributed by atoms with E-state index in [1.54, 1.807) is 11.0 Å². The van der Waals surface area contributed by atoms with Crippen molar-refractivity contribution >= 4 is 21.7 Å². The first-order valence-corrected chi connectivity index (χ1v) is 11.4. The van der Waals surface area contributed by atoms with Crippen molar-refractivity contribution in [1.29, 1.82) is 0 Å². The second kappa shape index (κ2) is 7.96. The highest BCUT2D eigenvalue weighted by Gasteiger charge is 2.34. The van der Waals surface area contributed by atoms with E-state index >= 15 is 0 Å². The third-order valence-corrected chi connectivity index (χ3v) is 7.18. The van der Waals surface area contributed by atoms with Gasteiger partial charge in [0.15, 0.2) is 9.84 Å². The topological polar surface area (TPSA) is 87.7 Å². The Labute approximate surface area is 160 Å². The Morgan fingerprint density at radius 2 is 2.00 bits per heavy atom. The normalized spacial score (nSPS) is 24.6. The van der Waals surface area contributed by atoms with Gasteiger partial charge >= 0.3 is 0 Å². The van der Waals surface area contributed by atoms with Crippen molar-refractivity contribution in [2.45, 2.75) is 39.2 Å². The minimum Gasteiger partial charge on any atom is -0.338 e. The van der Waals surface area contributed by atoms with Gasteiger partial charge < -0.3 is 9.80 Å². The highest BCUT2D eigenvalue weighted by Crippen LogP contribution is 2.21. The average Bonchev–Trinajstić information content (AvgIpc) is 3.01. The van der Waals surface area contributed by atoms with Crippen LogP contribution in [0.4, 0.5) is 0 Å². The van der Waals surface area contributed by atoms with E-state index in [9.17, 15) is 18.0 Å². The lowest BCUT2D eigenvalue weighted by atomic mass is 9.99. The van der Waals surface area contributed by atoms with Crippen LogP contribution in [0.2, 0.25) is 0 Å². The number of carbonyl (C=O) groups is 2. The number of hydrogen-bond acceptors (Lipinski definition) is 5. The molecule has 2 aliphatic rings. The van der Waals surface area contributed by atoms with Crippen molar-refractivity contribution in [3.8, 4) is 0 Å². The smallest absolute Gasteiger partial charge is 0.255 e. The number of carbonyl (C=O) groups excluding carboxylic acids is 2. The monoisotopic (exact) mass is 393 g/mol. The number of hydrogen-bond donors (Lipinski definition) is 0. The van der Waals surface area contributed by atoms with Crippen LogP contribution in [0, 0.1) is 5.92 Å². The number of rotatable bonds is 4. The van der Waals surface area contributed by atoms with Gasteiger partial charge in [-0.1, -0.05) is 6.92 Å². The van der Waals surface area contributed by atoms with Crippen LogP contribution in [-0.4, -0.2) is 72.2 Å². The molecule has 27 heavy (non-hydrogen) atoms. The van der Waals surface area contributed by atoms with Crippen molar-refractivity contribution in [2.24, 2.45) is 5.92 Å². The molecule has 3 heterocycles. The van der Waals surface area contributed by atoms with E-state index in [-0.39, 0.29) is 29.4 Å². The molecular weight excluding hydrogens is 366 g/mol. The summed E-state index contributed by atoms with van der Waals surface area (Å²) in [6.07, 6.45) is 5.51. The van der Waals surface area contributed by atoms with Gasteiger partial charge in [-0.15, -0.1) is 0 Å². The molecule has 7 nitrogen and oxygen atoms in total. The van der Waals surface area contributed by atoms with Crippen molar-refractivity contribution in [2.75, 3.05) is 31.1 Å². The lowest BCUT2D eigenvalue weighted by molar-refractivity contribution is 0.0682. The van der Waals surface area contributed by atoms with Gasteiger partial charge in [0.1, 0.15) is 0 Å². The zero-order valence-corrected chi connectivity index (χ0v) is 16.7. The first kappa shape index (κ1) is 19.8. The summed E-state index contributed by atoms with van der Waals surface area (Å²) in [6.45, 7) is 5.83. The summed E-state index contributed by atoms with van der Waals surface area (Å²) in [5.74, 6) is 0.222. The number of piperidine rings is 1. The molecule has 1 aromatic rings. The molecule has 2 atom stereocenters. The first-order chi connectivity index (χ1) is 12.8. The third kappa shape index (κ3) is 4.48. The molecule has 0 aliphatic carbocycles. The molecule has 2 fully saturated rings. The molecule has 1 aromatic heterocycles. The number of aromatic nitrogens is 1. The molecule has 8 heteroatoms. The van der Waals surface area contributed by atoms with Crippen LogP contribution in [0.5, 0.6) is 0 Å². The summed E-state index contributed by atoms with van der Waals surface area (Å²) >= 11 is 0. The molecule has 2 amide bonds. The van der Waals surface area contributed by atoms with Crippen molar-refractivity contribution in [3.63, 3.8) is 0 Å². The Morgan fingerprint density at radius 1 is 1.26 bits per heavy atom. The van der Waals surface area contributed by atoms with E-state index < -0.39 is 9.84 Å². The van der Waals surface area contributed by atoms with Crippen LogP contribution in [0.25, 0.3) is 0 Å². The zero-order chi connectivity index (χ0) is 19.6. The molecule has 0 saturated carbocycles. The molecule has 3 rings (SSSR count). The highest BCUT2D eigenvalue weighted by atomic mass is 32.2. The van der Waals surface area contributed by atoms with E-state index in [0.29, 0.717) is 30.0 Å². The predicted octanol–water partition coefficient (Wildman–Crippen LogP) is 1.60. The maximum absolute atomic E-state index is 12.9. The molecule has 0 spiro atoms. The minimum absolute atomic E-state index is 0.00426. The number of likely N-dealkylation sites (tertiary alicyclic amines) is 1. The standard InChI is InChI=1S/C19H27N3O4S/c1-3-22(17-6-8-27(25,26)13-17)19(24)16-9-15(10-20-11-16)18(23)21-7-4-5-14(2)12-21/h9-11,14,17H,3-8,12-13H2,1-2H3. The minimum atomic E-state index is -3.08. The van der Waals surface area contributed by atoms with Gasteiger partial charge in [0.05, 0.1) is 22.6 Å². The number of nitrogens with zero attached hydrogens (tertiary/aromatic N) is 3. The van der Waals surface area contributed by atoms with E-state index in [0.717, 1.165) is 25.9 Å².